The molecule has 0 spiro atoms. The van der Waals surface area contributed by atoms with Gasteiger partial charge in [0.25, 0.3) is 0 Å². The molecule has 2 atom stereocenters. The van der Waals surface area contributed by atoms with Gasteiger partial charge >= 0.3 is 0 Å². The van der Waals surface area contributed by atoms with E-state index in [-0.39, 0.29) is 0 Å². The molecule has 2 unspecified atom stereocenters. The Kier molecular flexibility index (Phi) is 4.43. The zero-order chi connectivity index (χ0) is 13.0. The van der Waals surface area contributed by atoms with E-state index in [2.05, 4.69) is 53.2 Å². The number of benzene rings is 2. The minimum atomic E-state index is 0.334. The van der Waals surface area contributed by atoms with Gasteiger partial charge in [-0.25, -0.2) is 0 Å². The van der Waals surface area contributed by atoms with Crippen LogP contribution in [0.4, 0.5) is 0 Å². The first-order valence-corrected chi connectivity index (χ1v) is 7.05. The summed E-state index contributed by atoms with van der Waals surface area (Å²) >= 11 is 3.76. The molecule has 0 aromatic heterocycles. The second-order valence-corrected chi connectivity index (χ2v) is 5.65. The number of alkyl halides is 1. The summed E-state index contributed by atoms with van der Waals surface area (Å²) in [6.45, 7) is 2.22. The Bertz CT molecular complexity index is 495. The molecular formula is C16H17BrO. The van der Waals surface area contributed by atoms with Crippen LogP contribution in [0.25, 0.3) is 0 Å². The molecule has 0 radical (unpaired) electrons. The van der Waals surface area contributed by atoms with Crippen molar-refractivity contribution in [3.8, 4) is 5.75 Å². The average molecular weight is 305 g/mol. The Labute approximate surface area is 117 Å². The number of hydrogen-bond donors (Lipinski definition) is 1. The van der Waals surface area contributed by atoms with Crippen LogP contribution in [0, 0.1) is 5.92 Å². The molecule has 0 aliphatic rings. The molecule has 0 aliphatic heterocycles. The van der Waals surface area contributed by atoms with Crippen LogP contribution in [0.15, 0.2) is 54.6 Å². The summed E-state index contributed by atoms with van der Waals surface area (Å²) in [6.07, 6.45) is 0.944. The summed E-state index contributed by atoms with van der Waals surface area (Å²) in [4.78, 5) is 0.334. The fraction of sp³-hybridized carbons (Fsp3) is 0.250. The van der Waals surface area contributed by atoms with Crippen LogP contribution in [0.2, 0.25) is 0 Å². The smallest absolute Gasteiger partial charge is 0.115 e. The summed E-state index contributed by atoms with van der Waals surface area (Å²) in [5, 5.41) is 9.47. The quantitative estimate of drug-likeness (QED) is 0.811. The van der Waals surface area contributed by atoms with Gasteiger partial charge in [-0.2, -0.15) is 0 Å². The molecule has 2 rings (SSSR count). The largest absolute Gasteiger partial charge is 0.508 e. The maximum atomic E-state index is 9.47. The molecule has 94 valence electrons. The standard InChI is InChI=1S/C16H17BrO/c1-12(10-13-6-5-9-15(18)11-13)16(17)14-7-3-2-4-8-14/h2-9,11-12,16,18H,10H2,1H3. The maximum Gasteiger partial charge on any atom is 0.115 e. The second-order valence-electron chi connectivity index (χ2n) is 4.66. The third-order valence-corrected chi connectivity index (χ3v) is 4.52. The lowest BCUT2D eigenvalue weighted by atomic mass is 9.94. The van der Waals surface area contributed by atoms with Gasteiger partial charge in [0.15, 0.2) is 0 Å². The molecule has 0 amide bonds. The van der Waals surface area contributed by atoms with E-state index >= 15 is 0 Å². The molecule has 1 N–H and O–H groups in total. The van der Waals surface area contributed by atoms with Gasteiger partial charge in [-0.1, -0.05) is 65.3 Å². The van der Waals surface area contributed by atoms with Crippen molar-refractivity contribution in [2.24, 2.45) is 5.92 Å². The molecular weight excluding hydrogens is 288 g/mol. The number of rotatable bonds is 4. The summed E-state index contributed by atoms with van der Waals surface area (Å²) in [6, 6.07) is 17.9. The van der Waals surface area contributed by atoms with Crippen molar-refractivity contribution in [1.82, 2.24) is 0 Å². The van der Waals surface area contributed by atoms with Crippen molar-refractivity contribution in [3.63, 3.8) is 0 Å². The SMILES string of the molecule is CC(Cc1cccc(O)c1)C(Br)c1ccccc1. The molecule has 1 nitrogen and oxygen atoms in total. The van der Waals surface area contributed by atoms with E-state index in [1.165, 1.54) is 11.1 Å². The van der Waals surface area contributed by atoms with E-state index in [9.17, 15) is 5.11 Å². The predicted octanol–water partition coefficient (Wildman–Crippen LogP) is 4.71. The van der Waals surface area contributed by atoms with E-state index in [0.717, 1.165) is 6.42 Å². The summed E-state index contributed by atoms with van der Waals surface area (Å²) in [5.74, 6) is 0.805. The van der Waals surface area contributed by atoms with Gasteiger partial charge in [0.1, 0.15) is 5.75 Å². The van der Waals surface area contributed by atoms with Gasteiger partial charge in [-0.3, -0.25) is 0 Å². The highest BCUT2D eigenvalue weighted by Crippen LogP contribution is 2.33. The Morgan fingerprint density at radius 1 is 1.06 bits per heavy atom. The van der Waals surface area contributed by atoms with Crippen molar-refractivity contribution in [2.75, 3.05) is 0 Å². The molecule has 2 heteroatoms. The fourth-order valence-electron chi connectivity index (χ4n) is 2.12. The normalized spacial score (nSPS) is 14.1. The van der Waals surface area contributed by atoms with Crippen molar-refractivity contribution < 1.29 is 5.11 Å². The zero-order valence-corrected chi connectivity index (χ0v) is 12.0. The molecule has 2 aromatic carbocycles. The van der Waals surface area contributed by atoms with Crippen LogP contribution in [-0.2, 0) is 6.42 Å². The number of halogens is 1. The Balaban J connectivity index is 2.06. The first-order valence-electron chi connectivity index (χ1n) is 6.14. The van der Waals surface area contributed by atoms with Gasteiger partial charge in [0.2, 0.25) is 0 Å². The van der Waals surface area contributed by atoms with Gasteiger partial charge in [0, 0.05) is 4.83 Å². The van der Waals surface area contributed by atoms with Crippen molar-refractivity contribution in [1.29, 1.82) is 0 Å². The fourth-order valence-corrected chi connectivity index (χ4v) is 2.62. The second kappa shape index (κ2) is 6.05. The highest BCUT2D eigenvalue weighted by Gasteiger charge is 2.16. The number of hydrogen-bond acceptors (Lipinski definition) is 1. The topological polar surface area (TPSA) is 20.2 Å². The van der Waals surface area contributed by atoms with Crippen LogP contribution in [0.5, 0.6) is 5.75 Å². The van der Waals surface area contributed by atoms with Crippen molar-refractivity contribution in [2.45, 2.75) is 18.2 Å². The molecule has 0 saturated carbocycles. The van der Waals surface area contributed by atoms with E-state index in [0.29, 0.717) is 16.5 Å². The van der Waals surface area contributed by atoms with Crippen LogP contribution in [0.1, 0.15) is 22.9 Å². The van der Waals surface area contributed by atoms with Gasteiger partial charge < -0.3 is 5.11 Å². The third kappa shape index (κ3) is 3.36. The Hall–Kier alpha value is -1.28. The van der Waals surface area contributed by atoms with Crippen LogP contribution < -0.4 is 0 Å². The predicted molar refractivity (Wildman–Crippen MR) is 79.1 cm³/mol. The average Bonchev–Trinajstić information content (AvgIpc) is 2.39. The van der Waals surface area contributed by atoms with E-state index in [4.69, 9.17) is 0 Å². The first-order chi connectivity index (χ1) is 8.66. The summed E-state index contributed by atoms with van der Waals surface area (Å²) in [5.41, 5.74) is 2.47. The third-order valence-electron chi connectivity index (χ3n) is 3.09. The van der Waals surface area contributed by atoms with Crippen LogP contribution >= 0.6 is 15.9 Å². The van der Waals surface area contributed by atoms with Crippen molar-refractivity contribution >= 4 is 15.9 Å². The minimum Gasteiger partial charge on any atom is -0.508 e. The monoisotopic (exact) mass is 304 g/mol. The zero-order valence-electron chi connectivity index (χ0n) is 10.4. The van der Waals surface area contributed by atoms with E-state index in [1.807, 2.05) is 18.2 Å². The number of phenolic OH excluding ortho intramolecular Hbond substituents is 1. The summed E-state index contributed by atoms with van der Waals surface area (Å²) < 4.78 is 0. The number of aromatic hydroxyl groups is 1. The lowest BCUT2D eigenvalue weighted by Crippen LogP contribution is -2.07. The van der Waals surface area contributed by atoms with Gasteiger partial charge in [0.05, 0.1) is 0 Å². The van der Waals surface area contributed by atoms with Crippen molar-refractivity contribution in [3.05, 3.63) is 65.7 Å². The Morgan fingerprint density at radius 2 is 1.78 bits per heavy atom. The molecule has 18 heavy (non-hydrogen) atoms. The minimum absolute atomic E-state index is 0.334. The highest BCUT2D eigenvalue weighted by atomic mass is 79.9. The first kappa shape index (κ1) is 13.2. The van der Waals surface area contributed by atoms with Gasteiger partial charge in [-0.15, -0.1) is 0 Å². The van der Waals surface area contributed by atoms with E-state index < -0.39 is 0 Å². The molecule has 0 fully saturated rings. The lowest BCUT2D eigenvalue weighted by molar-refractivity contribution is 0.473. The highest BCUT2D eigenvalue weighted by molar-refractivity contribution is 9.09. The molecule has 0 saturated heterocycles. The maximum absolute atomic E-state index is 9.47. The van der Waals surface area contributed by atoms with Crippen LogP contribution in [-0.4, -0.2) is 5.11 Å². The molecule has 0 aliphatic carbocycles. The Morgan fingerprint density at radius 3 is 2.44 bits per heavy atom. The summed E-state index contributed by atoms with van der Waals surface area (Å²) in [7, 11) is 0. The lowest BCUT2D eigenvalue weighted by Gasteiger charge is -2.19. The molecule has 0 bridgehead atoms. The van der Waals surface area contributed by atoms with Gasteiger partial charge in [-0.05, 0) is 35.6 Å². The molecule has 0 heterocycles. The molecule has 2 aromatic rings. The van der Waals surface area contributed by atoms with E-state index in [1.54, 1.807) is 6.07 Å². The van der Waals surface area contributed by atoms with Crippen LogP contribution in [0.3, 0.4) is 0 Å². The number of phenols is 1.